The lowest BCUT2D eigenvalue weighted by Gasteiger charge is -2.34. The molecule has 0 bridgehead atoms. The van der Waals surface area contributed by atoms with Crippen molar-refractivity contribution >= 4 is 17.3 Å². The largest absolute Gasteiger partial charge is 0.366 e. The number of nitrogens with zero attached hydrogens (tertiary/aromatic N) is 3. The fraction of sp³-hybridized carbons (Fsp3) is 0.588. The number of piperidine rings is 1. The Morgan fingerprint density at radius 2 is 1.83 bits per heavy atom. The van der Waals surface area contributed by atoms with Gasteiger partial charge in [0.15, 0.2) is 0 Å². The molecule has 0 saturated carbocycles. The summed E-state index contributed by atoms with van der Waals surface area (Å²) < 4.78 is 0. The number of nitro benzene ring substituents is 1. The van der Waals surface area contributed by atoms with Crippen molar-refractivity contribution in [3.63, 3.8) is 0 Å². The lowest BCUT2D eigenvalue weighted by molar-refractivity contribution is -0.384. The minimum atomic E-state index is -0.299. The molecular formula is C17H23N3O3. The van der Waals surface area contributed by atoms with Gasteiger partial charge in [0.05, 0.1) is 4.92 Å². The van der Waals surface area contributed by atoms with Gasteiger partial charge in [-0.1, -0.05) is 12.1 Å². The van der Waals surface area contributed by atoms with Crippen molar-refractivity contribution in [2.75, 3.05) is 31.1 Å². The number of nitro groups is 1. The van der Waals surface area contributed by atoms with Gasteiger partial charge in [-0.2, -0.15) is 0 Å². The van der Waals surface area contributed by atoms with E-state index >= 15 is 0 Å². The number of hydrogen-bond acceptors (Lipinski definition) is 4. The number of para-hydroxylation sites is 1. The van der Waals surface area contributed by atoms with Crippen LogP contribution in [-0.2, 0) is 4.79 Å². The van der Waals surface area contributed by atoms with Crippen LogP contribution in [0.3, 0.4) is 0 Å². The predicted octanol–water partition coefficient (Wildman–Crippen LogP) is 2.74. The van der Waals surface area contributed by atoms with Gasteiger partial charge in [-0.05, 0) is 38.7 Å². The van der Waals surface area contributed by atoms with Crippen molar-refractivity contribution < 1.29 is 9.72 Å². The van der Waals surface area contributed by atoms with E-state index in [0.29, 0.717) is 24.3 Å². The second-order valence-corrected chi connectivity index (χ2v) is 6.49. The molecule has 0 radical (unpaired) electrons. The lowest BCUT2D eigenvalue weighted by Crippen LogP contribution is -2.41. The first-order valence-electron chi connectivity index (χ1n) is 8.35. The van der Waals surface area contributed by atoms with E-state index in [1.54, 1.807) is 13.0 Å². The van der Waals surface area contributed by atoms with Gasteiger partial charge in [0.25, 0.3) is 5.69 Å². The quantitative estimate of drug-likeness (QED) is 0.635. The number of anilines is 1. The summed E-state index contributed by atoms with van der Waals surface area (Å²) in [5.41, 5.74) is 1.56. The molecule has 0 atom stereocenters. The topological polar surface area (TPSA) is 66.7 Å². The summed E-state index contributed by atoms with van der Waals surface area (Å²) in [6, 6.07) is 5.44. The van der Waals surface area contributed by atoms with Crippen molar-refractivity contribution in [2.45, 2.75) is 32.6 Å². The zero-order chi connectivity index (χ0) is 16.4. The summed E-state index contributed by atoms with van der Waals surface area (Å²) >= 11 is 0. The monoisotopic (exact) mass is 317 g/mol. The number of benzene rings is 1. The van der Waals surface area contributed by atoms with Gasteiger partial charge < -0.3 is 9.80 Å². The molecule has 2 aliphatic heterocycles. The summed E-state index contributed by atoms with van der Waals surface area (Å²) in [5, 5.41) is 11.3. The molecule has 1 amide bonds. The highest BCUT2D eigenvalue weighted by molar-refractivity contribution is 5.79. The highest BCUT2D eigenvalue weighted by atomic mass is 16.6. The number of hydrogen-bond donors (Lipinski definition) is 0. The van der Waals surface area contributed by atoms with Gasteiger partial charge in [-0.25, -0.2) is 0 Å². The predicted molar refractivity (Wildman–Crippen MR) is 88.6 cm³/mol. The van der Waals surface area contributed by atoms with E-state index in [1.807, 2.05) is 17.0 Å². The van der Waals surface area contributed by atoms with Gasteiger partial charge in [0.1, 0.15) is 5.69 Å². The maximum Gasteiger partial charge on any atom is 0.295 e. The molecule has 3 rings (SSSR count). The SMILES string of the molecule is Cc1cccc(N2CCC(C(=O)N3CCCC3)CC2)c1[N+](=O)[O-]. The number of carbonyl (C=O) groups excluding carboxylic acids is 1. The number of likely N-dealkylation sites (tertiary alicyclic amines) is 1. The van der Waals surface area contributed by atoms with Crippen LogP contribution in [-0.4, -0.2) is 41.9 Å². The van der Waals surface area contributed by atoms with E-state index in [1.165, 1.54) is 0 Å². The Labute approximate surface area is 136 Å². The van der Waals surface area contributed by atoms with Gasteiger partial charge in [0, 0.05) is 37.7 Å². The third-order valence-electron chi connectivity index (χ3n) is 5.00. The van der Waals surface area contributed by atoms with E-state index < -0.39 is 0 Å². The van der Waals surface area contributed by atoms with Crippen molar-refractivity contribution in [3.05, 3.63) is 33.9 Å². The Morgan fingerprint density at radius 3 is 2.43 bits per heavy atom. The minimum Gasteiger partial charge on any atom is -0.366 e. The molecule has 0 unspecified atom stereocenters. The Hall–Kier alpha value is -2.11. The van der Waals surface area contributed by atoms with Crippen LogP contribution in [0.1, 0.15) is 31.2 Å². The standard InChI is InChI=1S/C17H23N3O3/c1-13-5-4-6-15(16(13)20(22)23)18-11-7-14(8-12-18)17(21)19-9-2-3-10-19/h4-6,14H,2-3,7-12H2,1H3. The number of carbonyl (C=O) groups is 1. The highest BCUT2D eigenvalue weighted by Crippen LogP contribution is 2.34. The summed E-state index contributed by atoms with van der Waals surface area (Å²) in [6.45, 7) is 4.96. The van der Waals surface area contributed by atoms with Gasteiger partial charge in [0.2, 0.25) is 5.91 Å². The van der Waals surface area contributed by atoms with Crippen LogP contribution in [0.4, 0.5) is 11.4 Å². The first kappa shape index (κ1) is 15.8. The van der Waals surface area contributed by atoms with Crippen molar-refractivity contribution in [1.29, 1.82) is 0 Å². The summed E-state index contributed by atoms with van der Waals surface area (Å²) in [5.74, 6) is 0.356. The molecule has 124 valence electrons. The third kappa shape index (κ3) is 3.16. The van der Waals surface area contributed by atoms with E-state index in [9.17, 15) is 14.9 Å². The Bertz CT molecular complexity index is 603. The molecule has 2 aliphatic rings. The number of amides is 1. The zero-order valence-corrected chi connectivity index (χ0v) is 13.5. The molecule has 0 aromatic heterocycles. The first-order chi connectivity index (χ1) is 11.1. The molecule has 0 aliphatic carbocycles. The van der Waals surface area contributed by atoms with Crippen molar-refractivity contribution in [2.24, 2.45) is 5.92 Å². The smallest absolute Gasteiger partial charge is 0.295 e. The van der Waals surface area contributed by atoms with Crippen molar-refractivity contribution in [3.8, 4) is 0 Å². The first-order valence-corrected chi connectivity index (χ1v) is 8.35. The molecule has 6 nitrogen and oxygen atoms in total. The fourth-order valence-electron chi connectivity index (χ4n) is 3.70. The fourth-order valence-corrected chi connectivity index (χ4v) is 3.70. The molecule has 0 N–H and O–H groups in total. The van der Waals surface area contributed by atoms with Crippen LogP contribution >= 0.6 is 0 Å². The number of aryl methyl sites for hydroxylation is 1. The second kappa shape index (κ2) is 6.56. The maximum absolute atomic E-state index is 12.5. The average molecular weight is 317 g/mol. The van der Waals surface area contributed by atoms with Crippen LogP contribution in [0.2, 0.25) is 0 Å². The molecule has 6 heteroatoms. The maximum atomic E-state index is 12.5. The van der Waals surface area contributed by atoms with Crippen LogP contribution in [0.5, 0.6) is 0 Å². The number of rotatable bonds is 3. The van der Waals surface area contributed by atoms with Gasteiger partial charge >= 0.3 is 0 Å². The van der Waals surface area contributed by atoms with Crippen LogP contribution in [0.25, 0.3) is 0 Å². The molecule has 2 fully saturated rings. The van der Waals surface area contributed by atoms with Crippen LogP contribution in [0, 0.1) is 23.0 Å². The molecule has 2 saturated heterocycles. The zero-order valence-electron chi connectivity index (χ0n) is 13.5. The van der Waals surface area contributed by atoms with Crippen LogP contribution in [0.15, 0.2) is 18.2 Å². The van der Waals surface area contributed by atoms with Gasteiger partial charge in [-0.15, -0.1) is 0 Å². The summed E-state index contributed by atoms with van der Waals surface area (Å²) in [6.07, 6.45) is 3.78. The summed E-state index contributed by atoms with van der Waals surface area (Å²) in [7, 11) is 0. The Morgan fingerprint density at radius 1 is 1.17 bits per heavy atom. The Balaban J connectivity index is 1.69. The Kier molecular flexibility index (Phi) is 4.50. The van der Waals surface area contributed by atoms with E-state index in [2.05, 4.69) is 4.90 Å². The van der Waals surface area contributed by atoms with E-state index in [0.717, 1.165) is 38.8 Å². The lowest BCUT2D eigenvalue weighted by atomic mass is 9.94. The van der Waals surface area contributed by atoms with E-state index in [4.69, 9.17) is 0 Å². The summed E-state index contributed by atoms with van der Waals surface area (Å²) in [4.78, 5) is 27.6. The van der Waals surface area contributed by atoms with E-state index in [-0.39, 0.29) is 22.4 Å². The third-order valence-corrected chi connectivity index (χ3v) is 5.00. The average Bonchev–Trinajstić information content (AvgIpc) is 3.08. The minimum absolute atomic E-state index is 0.0771. The molecule has 2 heterocycles. The molecule has 1 aromatic rings. The normalized spacial score (nSPS) is 19.2. The van der Waals surface area contributed by atoms with Crippen LogP contribution < -0.4 is 4.90 Å². The molecular weight excluding hydrogens is 294 g/mol. The molecule has 23 heavy (non-hydrogen) atoms. The second-order valence-electron chi connectivity index (χ2n) is 6.49. The van der Waals surface area contributed by atoms with Crippen molar-refractivity contribution in [1.82, 2.24) is 4.90 Å². The highest BCUT2D eigenvalue weighted by Gasteiger charge is 2.31. The molecule has 1 aromatic carbocycles. The molecule has 0 spiro atoms. The van der Waals surface area contributed by atoms with Gasteiger partial charge in [-0.3, -0.25) is 14.9 Å².